The SMILES string of the molecule is Cn1cc(-c2cnc(N)c(C3=Nc4ccc(C(=O)c5ccccc5)cc4C3)c2)cn1. The second kappa shape index (κ2) is 7.08. The number of anilines is 1. The van der Waals surface area contributed by atoms with E-state index in [9.17, 15) is 4.79 Å². The lowest BCUT2D eigenvalue weighted by molar-refractivity contribution is 0.103. The highest BCUT2D eigenvalue weighted by molar-refractivity contribution is 6.12. The van der Waals surface area contributed by atoms with Crippen LogP contribution in [0.3, 0.4) is 0 Å². The van der Waals surface area contributed by atoms with Gasteiger partial charge in [0.1, 0.15) is 5.82 Å². The number of aromatic nitrogens is 3. The molecule has 6 nitrogen and oxygen atoms in total. The predicted octanol–water partition coefficient (Wildman–Crippen LogP) is 3.97. The molecule has 0 atom stereocenters. The number of rotatable bonds is 4. The molecule has 0 radical (unpaired) electrons. The smallest absolute Gasteiger partial charge is 0.193 e. The maximum absolute atomic E-state index is 12.8. The maximum atomic E-state index is 12.8. The Morgan fingerprint density at radius 1 is 1.00 bits per heavy atom. The summed E-state index contributed by atoms with van der Waals surface area (Å²) in [6, 6.07) is 16.9. The minimum absolute atomic E-state index is 0.00612. The van der Waals surface area contributed by atoms with E-state index in [1.165, 1.54) is 0 Å². The zero-order valence-corrected chi connectivity index (χ0v) is 16.4. The lowest BCUT2D eigenvalue weighted by atomic mass is 9.98. The van der Waals surface area contributed by atoms with Crippen molar-refractivity contribution in [1.82, 2.24) is 14.8 Å². The fourth-order valence-corrected chi connectivity index (χ4v) is 3.69. The molecule has 6 heteroatoms. The summed E-state index contributed by atoms with van der Waals surface area (Å²) >= 11 is 0. The van der Waals surface area contributed by atoms with Gasteiger partial charge in [0.2, 0.25) is 0 Å². The summed E-state index contributed by atoms with van der Waals surface area (Å²) in [5.74, 6) is 0.446. The molecule has 0 spiro atoms. The van der Waals surface area contributed by atoms with Gasteiger partial charge in [-0.3, -0.25) is 14.5 Å². The molecule has 5 rings (SSSR count). The molecule has 4 aromatic rings. The second-order valence-electron chi connectivity index (χ2n) is 7.33. The van der Waals surface area contributed by atoms with Gasteiger partial charge in [-0.15, -0.1) is 0 Å². The van der Waals surface area contributed by atoms with Crippen molar-refractivity contribution in [3.63, 3.8) is 0 Å². The number of carbonyl (C=O) groups is 1. The topological polar surface area (TPSA) is 86.2 Å². The second-order valence-corrected chi connectivity index (χ2v) is 7.33. The first-order valence-electron chi connectivity index (χ1n) is 9.63. The number of aryl methyl sites for hydroxylation is 1. The third-order valence-corrected chi connectivity index (χ3v) is 5.26. The number of hydrogen-bond acceptors (Lipinski definition) is 5. The van der Waals surface area contributed by atoms with Crippen LogP contribution in [-0.2, 0) is 13.5 Å². The van der Waals surface area contributed by atoms with Gasteiger partial charge in [-0.2, -0.15) is 5.10 Å². The molecule has 0 aliphatic carbocycles. The largest absolute Gasteiger partial charge is 0.383 e. The summed E-state index contributed by atoms with van der Waals surface area (Å²) in [4.78, 5) is 21.9. The molecule has 30 heavy (non-hydrogen) atoms. The molecule has 0 unspecified atom stereocenters. The zero-order chi connectivity index (χ0) is 20.7. The average molecular weight is 393 g/mol. The van der Waals surface area contributed by atoms with Crippen molar-refractivity contribution in [2.45, 2.75) is 6.42 Å². The lowest BCUT2D eigenvalue weighted by Gasteiger charge is -2.07. The van der Waals surface area contributed by atoms with Gasteiger partial charge in [-0.25, -0.2) is 4.98 Å². The number of pyridine rings is 1. The van der Waals surface area contributed by atoms with E-state index < -0.39 is 0 Å². The van der Waals surface area contributed by atoms with Crippen molar-refractivity contribution in [3.8, 4) is 11.1 Å². The standard InChI is InChI=1S/C24H19N5O/c1-29-14-19(13-27-29)18-10-20(24(25)26-12-18)22-11-17-9-16(7-8-21(17)28-22)23(30)15-5-3-2-4-6-15/h2-10,12-14H,11H2,1H3,(H2,25,26). The third-order valence-electron chi connectivity index (χ3n) is 5.26. The van der Waals surface area contributed by atoms with Crippen LogP contribution in [0.25, 0.3) is 11.1 Å². The summed E-state index contributed by atoms with van der Waals surface area (Å²) < 4.78 is 1.75. The zero-order valence-electron chi connectivity index (χ0n) is 16.4. The van der Waals surface area contributed by atoms with Crippen LogP contribution in [-0.4, -0.2) is 26.3 Å². The number of nitrogen functional groups attached to an aromatic ring is 1. The molecule has 0 saturated carbocycles. The van der Waals surface area contributed by atoms with Crippen molar-refractivity contribution < 1.29 is 4.79 Å². The molecule has 146 valence electrons. The molecule has 2 aromatic heterocycles. The number of nitrogens with two attached hydrogens (primary N) is 1. The Balaban J connectivity index is 1.46. The van der Waals surface area contributed by atoms with Gasteiger partial charge >= 0.3 is 0 Å². The van der Waals surface area contributed by atoms with Gasteiger partial charge in [-0.05, 0) is 29.8 Å². The molecule has 1 aliphatic rings. The molecule has 0 bridgehead atoms. The van der Waals surface area contributed by atoms with Gasteiger partial charge in [0, 0.05) is 53.7 Å². The van der Waals surface area contributed by atoms with E-state index in [1.807, 2.05) is 67.8 Å². The fraction of sp³-hybridized carbons (Fsp3) is 0.0833. The molecule has 3 heterocycles. The lowest BCUT2D eigenvalue weighted by Crippen LogP contribution is -2.07. The number of fused-ring (bicyclic) bond motifs is 1. The third kappa shape index (κ3) is 3.18. The summed E-state index contributed by atoms with van der Waals surface area (Å²) in [7, 11) is 1.88. The Labute approximate surface area is 173 Å². The highest BCUT2D eigenvalue weighted by atomic mass is 16.1. The summed E-state index contributed by atoms with van der Waals surface area (Å²) in [5, 5.41) is 4.22. The molecule has 0 fully saturated rings. The van der Waals surface area contributed by atoms with Gasteiger partial charge in [0.15, 0.2) is 5.78 Å². The minimum atomic E-state index is 0.00612. The molecular formula is C24H19N5O. The van der Waals surface area contributed by atoms with Crippen LogP contribution in [0.5, 0.6) is 0 Å². The van der Waals surface area contributed by atoms with Gasteiger partial charge < -0.3 is 5.73 Å². The summed E-state index contributed by atoms with van der Waals surface area (Å²) in [6.45, 7) is 0. The van der Waals surface area contributed by atoms with Crippen LogP contribution in [0.4, 0.5) is 11.5 Å². The number of ketones is 1. The van der Waals surface area contributed by atoms with Gasteiger partial charge in [0.25, 0.3) is 0 Å². The number of hydrogen-bond donors (Lipinski definition) is 1. The van der Waals surface area contributed by atoms with E-state index in [0.29, 0.717) is 23.4 Å². The van der Waals surface area contributed by atoms with Crippen LogP contribution < -0.4 is 5.73 Å². The van der Waals surface area contributed by atoms with Crippen molar-refractivity contribution in [2.24, 2.45) is 12.0 Å². The molecular weight excluding hydrogens is 374 g/mol. The Morgan fingerprint density at radius 3 is 2.60 bits per heavy atom. The van der Waals surface area contributed by atoms with Crippen LogP contribution in [0.2, 0.25) is 0 Å². The van der Waals surface area contributed by atoms with Crippen LogP contribution in [0.15, 0.2) is 78.2 Å². The Morgan fingerprint density at radius 2 is 1.83 bits per heavy atom. The molecule has 1 aliphatic heterocycles. The van der Waals surface area contributed by atoms with E-state index in [0.717, 1.165) is 33.7 Å². The first-order valence-corrected chi connectivity index (χ1v) is 9.63. The van der Waals surface area contributed by atoms with Crippen molar-refractivity contribution >= 4 is 23.0 Å². The first kappa shape index (κ1) is 18.0. The first-order chi connectivity index (χ1) is 14.6. The van der Waals surface area contributed by atoms with Crippen molar-refractivity contribution in [2.75, 3.05) is 5.73 Å². The molecule has 0 saturated heterocycles. The van der Waals surface area contributed by atoms with Crippen LogP contribution >= 0.6 is 0 Å². The van der Waals surface area contributed by atoms with Gasteiger partial charge in [0.05, 0.1) is 17.6 Å². The number of aliphatic imine (C=N–C) groups is 1. The minimum Gasteiger partial charge on any atom is -0.383 e. The van der Waals surface area contributed by atoms with E-state index in [2.05, 4.69) is 10.1 Å². The average Bonchev–Trinajstić information content (AvgIpc) is 3.39. The van der Waals surface area contributed by atoms with E-state index in [4.69, 9.17) is 10.7 Å². The number of benzene rings is 2. The molecule has 0 amide bonds. The highest BCUT2D eigenvalue weighted by Gasteiger charge is 2.21. The molecule has 2 aromatic carbocycles. The Bertz CT molecular complexity index is 1300. The monoisotopic (exact) mass is 393 g/mol. The van der Waals surface area contributed by atoms with Crippen molar-refractivity contribution in [1.29, 1.82) is 0 Å². The molecule has 2 N–H and O–H groups in total. The van der Waals surface area contributed by atoms with Crippen LogP contribution in [0.1, 0.15) is 27.0 Å². The van der Waals surface area contributed by atoms with Gasteiger partial charge in [-0.1, -0.05) is 30.3 Å². The summed E-state index contributed by atoms with van der Waals surface area (Å²) in [5.41, 5.74) is 12.9. The van der Waals surface area contributed by atoms with Crippen molar-refractivity contribution in [3.05, 3.63) is 95.4 Å². The Kier molecular flexibility index (Phi) is 4.25. The summed E-state index contributed by atoms with van der Waals surface area (Å²) in [6.07, 6.45) is 6.08. The Hall–Kier alpha value is -4.06. The van der Waals surface area contributed by atoms with Crippen LogP contribution in [0, 0.1) is 0 Å². The van der Waals surface area contributed by atoms with E-state index in [-0.39, 0.29) is 5.78 Å². The number of carbonyl (C=O) groups excluding carboxylic acids is 1. The maximum Gasteiger partial charge on any atom is 0.193 e. The highest BCUT2D eigenvalue weighted by Crippen LogP contribution is 2.32. The predicted molar refractivity (Wildman–Crippen MR) is 117 cm³/mol. The quantitative estimate of drug-likeness (QED) is 0.532. The van der Waals surface area contributed by atoms with E-state index in [1.54, 1.807) is 17.1 Å². The van der Waals surface area contributed by atoms with E-state index >= 15 is 0 Å². The normalized spacial score (nSPS) is 12.5. The fourth-order valence-electron chi connectivity index (χ4n) is 3.69. The number of nitrogens with zero attached hydrogens (tertiary/aromatic N) is 4.